The molecule has 1 fully saturated rings. The molecule has 5 nitrogen and oxygen atoms in total. The molecule has 1 aliphatic rings. The zero-order chi connectivity index (χ0) is 13.7. The van der Waals surface area contributed by atoms with Gasteiger partial charge in [-0.2, -0.15) is 0 Å². The zero-order valence-electron chi connectivity index (χ0n) is 11.1. The second-order valence-electron chi connectivity index (χ2n) is 4.74. The van der Waals surface area contributed by atoms with Gasteiger partial charge < -0.3 is 20.5 Å². The van der Waals surface area contributed by atoms with Crippen LogP contribution < -0.4 is 15.4 Å². The van der Waals surface area contributed by atoms with E-state index in [0.717, 1.165) is 17.7 Å². The van der Waals surface area contributed by atoms with Crippen molar-refractivity contribution < 1.29 is 14.6 Å². The average Bonchev–Trinajstić information content (AvgIpc) is 2.86. The van der Waals surface area contributed by atoms with E-state index < -0.39 is 6.10 Å². The maximum Gasteiger partial charge on any atom is 0.237 e. The number of amides is 1. The number of methoxy groups -OCH3 is 1. The summed E-state index contributed by atoms with van der Waals surface area (Å²) >= 11 is 0. The van der Waals surface area contributed by atoms with Gasteiger partial charge in [0.1, 0.15) is 5.75 Å². The Morgan fingerprint density at radius 3 is 3.11 bits per heavy atom. The number of carbonyl (C=O) groups excluding carboxylic acids is 1. The molecule has 2 rings (SSSR count). The van der Waals surface area contributed by atoms with Crippen molar-refractivity contribution >= 4 is 5.91 Å². The van der Waals surface area contributed by atoms with Crippen LogP contribution in [0.2, 0.25) is 0 Å². The molecule has 1 aromatic rings. The Morgan fingerprint density at radius 1 is 1.58 bits per heavy atom. The maximum atomic E-state index is 11.8. The third-order valence-corrected chi connectivity index (χ3v) is 3.27. The number of β-amino-alcohol motifs (C(OH)–C–C–N with tert-alkyl or cyclic N) is 1. The second kappa shape index (κ2) is 6.54. The molecule has 0 radical (unpaired) electrons. The van der Waals surface area contributed by atoms with E-state index in [-0.39, 0.29) is 11.9 Å². The van der Waals surface area contributed by atoms with E-state index in [0.29, 0.717) is 19.5 Å². The second-order valence-corrected chi connectivity index (χ2v) is 4.74. The summed E-state index contributed by atoms with van der Waals surface area (Å²) in [4.78, 5) is 11.8. The Balaban J connectivity index is 1.75. The first-order valence-electron chi connectivity index (χ1n) is 6.51. The molecular weight excluding hydrogens is 244 g/mol. The molecule has 1 aromatic carbocycles. The van der Waals surface area contributed by atoms with Crippen LogP contribution in [0.1, 0.15) is 12.0 Å². The monoisotopic (exact) mass is 264 g/mol. The molecule has 1 saturated heterocycles. The molecule has 1 aliphatic heterocycles. The molecule has 0 aliphatic carbocycles. The fraction of sp³-hybridized carbons (Fsp3) is 0.500. The van der Waals surface area contributed by atoms with Crippen LogP contribution in [0, 0.1) is 0 Å². The van der Waals surface area contributed by atoms with Gasteiger partial charge in [-0.15, -0.1) is 0 Å². The van der Waals surface area contributed by atoms with Crippen LogP contribution in [0.15, 0.2) is 24.3 Å². The SMILES string of the molecule is COc1cccc(CCNC(=O)[C@@H]2C[C@@H](O)CN2)c1. The van der Waals surface area contributed by atoms with Crippen LogP contribution in [0.4, 0.5) is 0 Å². The van der Waals surface area contributed by atoms with Crippen molar-refractivity contribution in [2.45, 2.75) is 25.0 Å². The Labute approximate surface area is 113 Å². The predicted molar refractivity (Wildman–Crippen MR) is 72.1 cm³/mol. The number of hydrogen-bond acceptors (Lipinski definition) is 4. The van der Waals surface area contributed by atoms with Crippen LogP contribution in [-0.2, 0) is 11.2 Å². The van der Waals surface area contributed by atoms with Crippen LogP contribution in [0.5, 0.6) is 5.75 Å². The lowest BCUT2D eigenvalue weighted by Crippen LogP contribution is -2.41. The highest BCUT2D eigenvalue weighted by molar-refractivity contribution is 5.82. The van der Waals surface area contributed by atoms with Crippen molar-refractivity contribution in [2.75, 3.05) is 20.2 Å². The van der Waals surface area contributed by atoms with Gasteiger partial charge in [-0.1, -0.05) is 12.1 Å². The lowest BCUT2D eigenvalue weighted by atomic mass is 10.1. The molecule has 19 heavy (non-hydrogen) atoms. The minimum atomic E-state index is -0.408. The fourth-order valence-electron chi connectivity index (χ4n) is 2.20. The van der Waals surface area contributed by atoms with Crippen molar-refractivity contribution in [1.29, 1.82) is 0 Å². The number of rotatable bonds is 5. The van der Waals surface area contributed by atoms with E-state index in [1.54, 1.807) is 7.11 Å². The zero-order valence-corrected chi connectivity index (χ0v) is 11.1. The summed E-state index contributed by atoms with van der Waals surface area (Å²) in [5.41, 5.74) is 1.12. The van der Waals surface area contributed by atoms with Gasteiger partial charge in [-0.05, 0) is 30.5 Å². The van der Waals surface area contributed by atoms with E-state index in [2.05, 4.69) is 10.6 Å². The van der Waals surface area contributed by atoms with Gasteiger partial charge in [-0.3, -0.25) is 4.79 Å². The van der Waals surface area contributed by atoms with Crippen molar-refractivity contribution in [3.05, 3.63) is 29.8 Å². The Bertz CT molecular complexity index is 436. The van der Waals surface area contributed by atoms with Gasteiger partial charge in [-0.25, -0.2) is 0 Å². The number of aliphatic hydroxyl groups excluding tert-OH is 1. The van der Waals surface area contributed by atoms with Crippen LogP contribution in [0.25, 0.3) is 0 Å². The lowest BCUT2D eigenvalue weighted by molar-refractivity contribution is -0.122. The molecule has 1 heterocycles. The van der Waals surface area contributed by atoms with Gasteiger partial charge >= 0.3 is 0 Å². The molecule has 104 valence electrons. The highest BCUT2D eigenvalue weighted by atomic mass is 16.5. The van der Waals surface area contributed by atoms with E-state index in [1.165, 1.54) is 0 Å². The lowest BCUT2D eigenvalue weighted by Gasteiger charge is -2.11. The largest absolute Gasteiger partial charge is 0.497 e. The summed E-state index contributed by atoms with van der Waals surface area (Å²) < 4.78 is 5.15. The van der Waals surface area contributed by atoms with Crippen LogP contribution in [-0.4, -0.2) is 43.4 Å². The van der Waals surface area contributed by atoms with E-state index >= 15 is 0 Å². The van der Waals surface area contributed by atoms with Crippen LogP contribution in [0.3, 0.4) is 0 Å². The molecule has 2 atom stereocenters. The van der Waals surface area contributed by atoms with E-state index in [4.69, 9.17) is 4.74 Å². The Kier molecular flexibility index (Phi) is 4.76. The molecule has 0 spiro atoms. The first-order valence-corrected chi connectivity index (χ1v) is 6.51. The molecule has 5 heteroatoms. The summed E-state index contributed by atoms with van der Waals surface area (Å²) in [5, 5.41) is 15.2. The summed E-state index contributed by atoms with van der Waals surface area (Å²) in [7, 11) is 1.64. The summed E-state index contributed by atoms with van der Waals surface area (Å²) in [6.45, 7) is 1.08. The molecule has 0 saturated carbocycles. The average molecular weight is 264 g/mol. The van der Waals surface area contributed by atoms with Gasteiger partial charge in [0.15, 0.2) is 0 Å². The van der Waals surface area contributed by atoms with E-state index in [9.17, 15) is 9.90 Å². The number of hydrogen-bond donors (Lipinski definition) is 3. The van der Waals surface area contributed by atoms with Crippen molar-refractivity contribution in [3.8, 4) is 5.75 Å². The normalized spacial score (nSPS) is 22.2. The molecule has 0 aromatic heterocycles. The van der Waals surface area contributed by atoms with Gasteiger partial charge in [0.05, 0.1) is 19.3 Å². The summed E-state index contributed by atoms with van der Waals surface area (Å²) in [5.74, 6) is 0.781. The maximum absolute atomic E-state index is 11.8. The third kappa shape index (κ3) is 3.94. The number of nitrogens with one attached hydrogen (secondary N) is 2. The smallest absolute Gasteiger partial charge is 0.237 e. The molecule has 0 bridgehead atoms. The molecular formula is C14H20N2O3. The number of carbonyl (C=O) groups is 1. The summed E-state index contributed by atoms with van der Waals surface area (Å²) in [6.07, 6.45) is 0.845. The number of benzene rings is 1. The van der Waals surface area contributed by atoms with Gasteiger partial charge in [0.2, 0.25) is 5.91 Å². The third-order valence-electron chi connectivity index (χ3n) is 3.27. The molecule has 3 N–H and O–H groups in total. The number of ether oxygens (including phenoxy) is 1. The standard InChI is InChI=1S/C14H20N2O3/c1-19-12-4-2-3-10(7-12)5-6-15-14(18)13-8-11(17)9-16-13/h2-4,7,11,13,16-17H,5-6,8-9H2,1H3,(H,15,18)/t11-,13+/m1/s1. The van der Waals surface area contributed by atoms with E-state index in [1.807, 2.05) is 24.3 Å². The van der Waals surface area contributed by atoms with Crippen molar-refractivity contribution in [1.82, 2.24) is 10.6 Å². The van der Waals surface area contributed by atoms with Gasteiger partial charge in [0.25, 0.3) is 0 Å². The Morgan fingerprint density at radius 2 is 2.42 bits per heavy atom. The first-order chi connectivity index (χ1) is 9.19. The minimum absolute atomic E-state index is 0.0422. The van der Waals surface area contributed by atoms with Gasteiger partial charge in [0, 0.05) is 13.1 Å². The van der Waals surface area contributed by atoms with Crippen molar-refractivity contribution in [3.63, 3.8) is 0 Å². The Hall–Kier alpha value is -1.59. The highest BCUT2D eigenvalue weighted by Crippen LogP contribution is 2.12. The quantitative estimate of drug-likeness (QED) is 0.704. The highest BCUT2D eigenvalue weighted by Gasteiger charge is 2.27. The van der Waals surface area contributed by atoms with Crippen LogP contribution >= 0.6 is 0 Å². The fourth-order valence-corrected chi connectivity index (χ4v) is 2.20. The predicted octanol–water partition coefficient (Wildman–Crippen LogP) is 0.0767. The molecule has 0 unspecified atom stereocenters. The topological polar surface area (TPSA) is 70.6 Å². The first kappa shape index (κ1) is 13.8. The number of aliphatic hydroxyl groups is 1. The summed E-state index contributed by atoms with van der Waals surface area (Å²) in [6, 6.07) is 7.53. The minimum Gasteiger partial charge on any atom is -0.497 e. The van der Waals surface area contributed by atoms with Crippen molar-refractivity contribution in [2.24, 2.45) is 0 Å². The molecule has 1 amide bonds.